The van der Waals surface area contributed by atoms with Crippen LogP contribution in [0.4, 0.5) is 0 Å². The van der Waals surface area contributed by atoms with Crippen LogP contribution >= 0.6 is 0 Å². The molecule has 0 N–H and O–H groups in total. The van der Waals surface area contributed by atoms with Crippen molar-refractivity contribution in [3.63, 3.8) is 0 Å². The highest BCUT2D eigenvalue weighted by Crippen LogP contribution is 2.38. The zero-order valence-electron chi connectivity index (χ0n) is 13.9. The molecule has 1 atom stereocenters. The van der Waals surface area contributed by atoms with E-state index < -0.39 is 0 Å². The van der Waals surface area contributed by atoms with Gasteiger partial charge in [-0.3, -0.25) is 4.90 Å². The Morgan fingerprint density at radius 3 is 2.32 bits per heavy atom. The molecule has 2 nitrogen and oxygen atoms in total. The van der Waals surface area contributed by atoms with Crippen LogP contribution in [0.15, 0.2) is 0 Å². The van der Waals surface area contributed by atoms with Crippen molar-refractivity contribution in [1.29, 1.82) is 0 Å². The standard InChI is InChI=1S/C17H35NO/c1-6-7-8-9-10-11-15-19-17(4)13-12-14-18(5)16(17,2)3/h6-15H2,1-5H3. The zero-order valence-corrected chi connectivity index (χ0v) is 13.9. The number of hydrogen-bond donors (Lipinski definition) is 0. The quantitative estimate of drug-likeness (QED) is 0.596. The van der Waals surface area contributed by atoms with E-state index in [1.807, 2.05) is 0 Å². The van der Waals surface area contributed by atoms with Crippen LogP contribution in [0.3, 0.4) is 0 Å². The summed E-state index contributed by atoms with van der Waals surface area (Å²) in [7, 11) is 2.23. The summed E-state index contributed by atoms with van der Waals surface area (Å²) in [5, 5.41) is 0. The highest BCUT2D eigenvalue weighted by atomic mass is 16.5. The first-order chi connectivity index (χ1) is 8.94. The van der Waals surface area contributed by atoms with Crippen LogP contribution in [0.1, 0.15) is 79.1 Å². The highest BCUT2D eigenvalue weighted by molar-refractivity contribution is 5.02. The lowest BCUT2D eigenvalue weighted by Gasteiger charge is -2.53. The predicted octanol–water partition coefficient (Wildman–Crippen LogP) is 4.63. The van der Waals surface area contributed by atoms with Crippen LogP contribution in [0.5, 0.6) is 0 Å². The Balaban J connectivity index is 2.26. The minimum atomic E-state index is 0.0173. The largest absolute Gasteiger partial charge is 0.373 e. The van der Waals surface area contributed by atoms with E-state index in [2.05, 4.69) is 39.6 Å². The fourth-order valence-electron chi connectivity index (χ4n) is 3.07. The summed E-state index contributed by atoms with van der Waals surface area (Å²) in [5.74, 6) is 0. The summed E-state index contributed by atoms with van der Waals surface area (Å²) in [6.45, 7) is 11.4. The SMILES string of the molecule is CCCCCCCCOC1(C)CCCN(C)C1(C)C. The maximum absolute atomic E-state index is 6.32. The topological polar surface area (TPSA) is 12.5 Å². The zero-order chi connectivity index (χ0) is 14.4. The summed E-state index contributed by atoms with van der Waals surface area (Å²) in [6.07, 6.45) is 10.5. The normalized spacial score (nSPS) is 27.6. The second-order valence-electron chi connectivity index (χ2n) is 6.93. The van der Waals surface area contributed by atoms with E-state index in [1.54, 1.807) is 0 Å². The number of likely N-dealkylation sites (N-methyl/N-ethyl adjacent to an activating group) is 1. The molecule has 1 rings (SSSR count). The van der Waals surface area contributed by atoms with Crippen LogP contribution < -0.4 is 0 Å². The van der Waals surface area contributed by atoms with Gasteiger partial charge in [0.2, 0.25) is 0 Å². The Bertz CT molecular complexity index is 252. The van der Waals surface area contributed by atoms with Crippen molar-refractivity contribution >= 4 is 0 Å². The summed E-state index contributed by atoms with van der Waals surface area (Å²) >= 11 is 0. The van der Waals surface area contributed by atoms with Gasteiger partial charge < -0.3 is 4.74 Å². The van der Waals surface area contributed by atoms with Gasteiger partial charge in [0.15, 0.2) is 0 Å². The Morgan fingerprint density at radius 2 is 1.63 bits per heavy atom. The molecule has 1 heterocycles. The van der Waals surface area contributed by atoms with Crippen molar-refractivity contribution in [1.82, 2.24) is 4.90 Å². The van der Waals surface area contributed by atoms with Crippen LogP contribution in [-0.4, -0.2) is 36.2 Å². The monoisotopic (exact) mass is 269 g/mol. The number of ether oxygens (including phenoxy) is 1. The van der Waals surface area contributed by atoms with Crippen LogP contribution in [0.2, 0.25) is 0 Å². The van der Waals surface area contributed by atoms with Gasteiger partial charge in [-0.2, -0.15) is 0 Å². The average Bonchev–Trinajstić information content (AvgIpc) is 2.36. The molecular formula is C17H35NO. The molecule has 0 aromatic heterocycles. The molecule has 1 unspecified atom stereocenters. The maximum atomic E-state index is 6.32. The second-order valence-corrected chi connectivity index (χ2v) is 6.93. The van der Waals surface area contributed by atoms with Crippen molar-refractivity contribution in [2.45, 2.75) is 90.2 Å². The second kappa shape index (κ2) is 7.64. The Morgan fingerprint density at radius 1 is 1.00 bits per heavy atom. The van der Waals surface area contributed by atoms with Gasteiger partial charge >= 0.3 is 0 Å². The van der Waals surface area contributed by atoms with Crippen LogP contribution in [0, 0.1) is 0 Å². The summed E-state index contributed by atoms with van der Waals surface area (Å²) in [5.41, 5.74) is 0.164. The molecule has 0 radical (unpaired) electrons. The Kier molecular flexibility index (Phi) is 6.82. The summed E-state index contributed by atoms with van der Waals surface area (Å²) in [6, 6.07) is 0. The van der Waals surface area contributed by atoms with E-state index in [1.165, 1.54) is 57.9 Å². The molecule has 2 heteroatoms. The smallest absolute Gasteiger partial charge is 0.0832 e. The lowest BCUT2D eigenvalue weighted by Crippen LogP contribution is -2.62. The van der Waals surface area contributed by atoms with Gasteiger partial charge in [-0.15, -0.1) is 0 Å². The molecule has 0 amide bonds. The first-order valence-electron chi connectivity index (χ1n) is 8.29. The molecule has 0 aromatic rings. The van der Waals surface area contributed by atoms with Crippen molar-refractivity contribution in [2.75, 3.05) is 20.2 Å². The third-order valence-corrected chi connectivity index (χ3v) is 5.31. The van der Waals surface area contributed by atoms with Crippen LogP contribution in [-0.2, 0) is 4.74 Å². The highest BCUT2D eigenvalue weighted by Gasteiger charge is 2.46. The lowest BCUT2D eigenvalue weighted by molar-refractivity contribution is -0.149. The van der Waals surface area contributed by atoms with Gasteiger partial charge in [0.25, 0.3) is 0 Å². The first kappa shape index (κ1) is 17.0. The van der Waals surface area contributed by atoms with E-state index in [-0.39, 0.29) is 11.1 Å². The molecule has 1 fully saturated rings. The minimum Gasteiger partial charge on any atom is -0.373 e. The van der Waals surface area contributed by atoms with E-state index in [9.17, 15) is 0 Å². The van der Waals surface area contributed by atoms with E-state index in [0.29, 0.717) is 0 Å². The molecule has 0 aromatic carbocycles. The molecule has 0 saturated carbocycles. The Labute approximate surface area is 120 Å². The number of nitrogens with zero attached hydrogens (tertiary/aromatic N) is 1. The fourth-order valence-corrected chi connectivity index (χ4v) is 3.07. The van der Waals surface area contributed by atoms with Crippen molar-refractivity contribution in [3.8, 4) is 0 Å². The van der Waals surface area contributed by atoms with Gasteiger partial charge in [0.1, 0.15) is 0 Å². The van der Waals surface area contributed by atoms with Crippen LogP contribution in [0.25, 0.3) is 0 Å². The third kappa shape index (κ3) is 4.46. The van der Waals surface area contributed by atoms with Crippen molar-refractivity contribution in [3.05, 3.63) is 0 Å². The first-order valence-corrected chi connectivity index (χ1v) is 8.29. The minimum absolute atomic E-state index is 0.0173. The molecule has 0 aliphatic carbocycles. The number of piperidine rings is 1. The molecular weight excluding hydrogens is 234 g/mol. The van der Waals surface area contributed by atoms with E-state index >= 15 is 0 Å². The molecule has 1 saturated heterocycles. The van der Waals surface area contributed by atoms with Crippen molar-refractivity contribution < 1.29 is 4.74 Å². The fraction of sp³-hybridized carbons (Fsp3) is 1.00. The number of unbranched alkanes of at least 4 members (excludes halogenated alkanes) is 5. The van der Waals surface area contributed by atoms with E-state index in [4.69, 9.17) is 4.74 Å². The molecule has 0 spiro atoms. The molecule has 0 bridgehead atoms. The molecule has 1 aliphatic heterocycles. The number of likely N-dealkylation sites (tertiary alicyclic amines) is 1. The lowest BCUT2D eigenvalue weighted by atomic mass is 9.76. The Hall–Kier alpha value is -0.0800. The molecule has 19 heavy (non-hydrogen) atoms. The third-order valence-electron chi connectivity index (χ3n) is 5.31. The molecule has 114 valence electrons. The number of rotatable bonds is 8. The van der Waals surface area contributed by atoms with Gasteiger partial charge in [-0.05, 0) is 53.6 Å². The molecule has 1 aliphatic rings. The maximum Gasteiger partial charge on any atom is 0.0832 e. The van der Waals surface area contributed by atoms with E-state index in [0.717, 1.165) is 6.61 Å². The van der Waals surface area contributed by atoms with Gasteiger partial charge in [0, 0.05) is 12.1 Å². The summed E-state index contributed by atoms with van der Waals surface area (Å²) in [4.78, 5) is 2.46. The summed E-state index contributed by atoms with van der Waals surface area (Å²) < 4.78 is 6.32. The van der Waals surface area contributed by atoms with Gasteiger partial charge in [-0.25, -0.2) is 0 Å². The van der Waals surface area contributed by atoms with Gasteiger partial charge in [-0.1, -0.05) is 39.0 Å². The predicted molar refractivity (Wildman–Crippen MR) is 83.7 cm³/mol. The van der Waals surface area contributed by atoms with Gasteiger partial charge in [0.05, 0.1) is 5.60 Å². The average molecular weight is 269 g/mol. The van der Waals surface area contributed by atoms with Crippen molar-refractivity contribution in [2.24, 2.45) is 0 Å². The number of hydrogen-bond acceptors (Lipinski definition) is 2.